The number of carbonyl (C=O) groups excluding carboxylic acids is 2. The van der Waals surface area contributed by atoms with Gasteiger partial charge < -0.3 is 10.2 Å². The Morgan fingerprint density at radius 1 is 1.16 bits per heavy atom. The van der Waals surface area contributed by atoms with Crippen LogP contribution in [0.15, 0.2) is 8.68 Å². The SMILES string of the molecule is CCCNC(=O)CSc1nnc(SCC(=O)N2C[C@H](C)C[C@@H](C)C2)s1. The molecule has 1 aliphatic rings. The van der Waals surface area contributed by atoms with E-state index >= 15 is 0 Å². The molecule has 0 saturated carbocycles. The predicted octanol–water partition coefficient (Wildman–Crippen LogP) is 2.75. The van der Waals surface area contributed by atoms with Crippen molar-refractivity contribution in [2.75, 3.05) is 31.1 Å². The molecule has 1 N–H and O–H groups in total. The monoisotopic (exact) mass is 402 g/mol. The van der Waals surface area contributed by atoms with Crippen LogP contribution < -0.4 is 5.32 Å². The van der Waals surface area contributed by atoms with Crippen molar-refractivity contribution in [1.82, 2.24) is 20.4 Å². The lowest BCUT2D eigenvalue weighted by Crippen LogP contribution is -2.43. The zero-order valence-corrected chi connectivity index (χ0v) is 17.4. The fourth-order valence-corrected chi connectivity index (χ4v) is 5.59. The van der Waals surface area contributed by atoms with Gasteiger partial charge in [-0.1, -0.05) is 55.6 Å². The molecular weight excluding hydrogens is 376 g/mol. The first-order valence-electron chi connectivity index (χ1n) is 8.61. The predicted molar refractivity (Wildman–Crippen MR) is 104 cm³/mol. The Labute approximate surface area is 161 Å². The minimum absolute atomic E-state index is 0.0137. The molecule has 1 aromatic rings. The summed E-state index contributed by atoms with van der Waals surface area (Å²) < 4.78 is 1.55. The second-order valence-corrected chi connectivity index (χ2v) is 9.93. The molecular formula is C16H26N4O2S3. The Balaban J connectivity index is 1.73. The summed E-state index contributed by atoms with van der Waals surface area (Å²) in [5, 5.41) is 11.0. The van der Waals surface area contributed by atoms with Crippen molar-refractivity contribution >= 4 is 46.7 Å². The average molecular weight is 403 g/mol. The van der Waals surface area contributed by atoms with Crippen molar-refractivity contribution in [3.8, 4) is 0 Å². The topological polar surface area (TPSA) is 75.2 Å². The van der Waals surface area contributed by atoms with Gasteiger partial charge in [-0.3, -0.25) is 9.59 Å². The van der Waals surface area contributed by atoms with Crippen LogP contribution in [0.2, 0.25) is 0 Å². The smallest absolute Gasteiger partial charge is 0.233 e. The van der Waals surface area contributed by atoms with E-state index in [4.69, 9.17) is 0 Å². The highest BCUT2D eigenvalue weighted by Crippen LogP contribution is 2.29. The number of hydrogen-bond acceptors (Lipinski definition) is 7. The normalized spacial score (nSPS) is 20.5. The molecule has 0 aliphatic carbocycles. The number of nitrogens with one attached hydrogen (secondary N) is 1. The number of rotatable bonds is 8. The number of amides is 2. The summed E-state index contributed by atoms with van der Waals surface area (Å²) in [6, 6.07) is 0. The Morgan fingerprint density at radius 2 is 1.76 bits per heavy atom. The lowest BCUT2D eigenvalue weighted by Gasteiger charge is -2.34. The van der Waals surface area contributed by atoms with Gasteiger partial charge in [-0.25, -0.2) is 0 Å². The molecule has 0 radical (unpaired) electrons. The summed E-state index contributed by atoms with van der Waals surface area (Å²) in [4.78, 5) is 26.0. The maximum absolute atomic E-state index is 12.4. The number of nitrogens with zero attached hydrogens (tertiary/aromatic N) is 3. The van der Waals surface area contributed by atoms with E-state index in [1.54, 1.807) is 0 Å². The van der Waals surface area contributed by atoms with Crippen LogP contribution in [0, 0.1) is 11.8 Å². The molecule has 1 fully saturated rings. The molecule has 2 rings (SSSR count). The lowest BCUT2D eigenvalue weighted by molar-refractivity contribution is -0.131. The second-order valence-electron chi connectivity index (χ2n) is 6.51. The Hall–Kier alpha value is -0.800. The van der Waals surface area contributed by atoms with E-state index in [0.717, 1.165) is 28.2 Å². The van der Waals surface area contributed by atoms with Gasteiger partial charge >= 0.3 is 0 Å². The van der Waals surface area contributed by atoms with Crippen LogP contribution in [0.5, 0.6) is 0 Å². The van der Waals surface area contributed by atoms with Gasteiger partial charge in [0.15, 0.2) is 8.68 Å². The molecule has 9 heteroatoms. The van der Waals surface area contributed by atoms with E-state index in [2.05, 4.69) is 29.4 Å². The first-order chi connectivity index (χ1) is 12.0. The van der Waals surface area contributed by atoms with Crippen LogP contribution in [0.4, 0.5) is 0 Å². The van der Waals surface area contributed by atoms with E-state index in [9.17, 15) is 9.59 Å². The third-order valence-electron chi connectivity index (χ3n) is 3.83. The van der Waals surface area contributed by atoms with Gasteiger partial charge in [0.2, 0.25) is 11.8 Å². The molecule has 0 unspecified atom stereocenters. The minimum Gasteiger partial charge on any atom is -0.355 e. The quantitative estimate of drug-likeness (QED) is 0.674. The van der Waals surface area contributed by atoms with Crippen LogP contribution in [-0.2, 0) is 9.59 Å². The van der Waals surface area contributed by atoms with Crippen molar-refractivity contribution in [3.05, 3.63) is 0 Å². The highest BCUT2D eigenvalue weighted by Gasteiger charge is 2.25. The Morgan fingerprint density at radius 3 is 2.36 bits per heavy atom. The molecule has 2 amide bonds. The van der Waals surface area contributed by atoms with E-state index < -0.39 is 0 Å². The van der Waals surface area contributed by atoms with Crippen molar-refractivity contribution in [3.63, 3.8) is 0 Å². The van der Waals surface area contributed by atoms with E-state index in [-0.39, 0.29) is 11.8 Å². The van der Waals surface area contributed by atoms with Crippen LogP contribution >= 0.6 is 34.9 Å². The number of likely N-dealkylation sites (tertiary alicyclic amines) is 1. The van der Waals surface area contributed by atoms with Crippen molar-refractivity contribution in [1.29, 1.82) is 0 Å². The zero-order valence-electron chi connectivity index (χ0n) is 15.0. The molecule has 25 heavy (non-hydrogen) atoms. The number of hydrogen-bond donors (Lipinski definition) is 1. The summed E-state index contributed by atoms with van der Waals surface area (Å²) in [5.41, 5.74) is 0. The number of carbonyl (C=O) groups is 2. The van der Waals surface area contributed by atoms with Crippen LogP contribution in [0.3, 0.4) is 0 Å². The summed E-state index contributed by atoms with van der Waals surface area (Å²) in [7, 11) is 0. The van der Waals surface area contributed by atoms with Gasteiger partial charge in [0.05, 0.1) is 11.5 Å². The van der Waals surface area contributed by atoms with E-state index in [1.165, 1.54) is 41.3 Å². The highest BCUT2D eigenvalue weighted by atomic mass is 32.2. The lowest BCUT2D eigenvalue weighted by atomic mass is 9.92. The highest BCUT2D eigenvalue weighted by molar-refractivity contribution is 8.03. The zero-order chi connectivity index (χ0) is 18.2. The third kappa shape index (κ3) is 7.15. The molecule has 1 aliphatic heterocycles. The minimum atomic E-state index is 0.0137. The van der Waals surface area contributed by atoms with Crippen LogP contribution in [0.1, 0.15) is 33.6 Å². The summed E-state index contributed by atoms with van der Waals surface area (Å²) in [6.45, 7) is 8.84. The van der Waals surface area contributed by atoms with Gasteiger partial charge in [0.25, 0.3) is 0 Å². The Bertz CT molecular complexity index is 571. The van der Waals surface area contributed by atoms with Crippen LogP contribution in [-0.4, -0.2) is 58.1 Å². The molecule has 6 nitrogen and oxygen atoms in total. The molecule has 0 aromatic carbocycles. The third-order valence-corrected chi connectivity index (χ3v) is 7.00. The summed E-state index contributed by atoms with van der Waals surface area (Å²) in [5.74, 6) is 2.08. The molecule has 1 aromatic heterocycles. The molecule has 1 saturated heterocycles. The second kappa shape index (κ2) is 10.4. The number of aromatic nitrogens is 2. The molecule has 140 valence electrons. The van der Waals surface area contributed by atoms with E-state index in [0.29, 0.717) is 29.9 Å². The van der Waals surface area contributed by atoms with Gasteiger partial charge in [-0.2, -0.15) is 0 Å². The first kappa shape index (κ1) is 20.5. The van der Waals surface area contributed by atoms with Crippen molar-refractivity contribution < 1.29 is 9.59 Å². The van der Waals surface area contributed by atoms with Crippen molar-refractivity contribution in [2.45, 2.75) is 42.3 Å². The fraction of sp³-hybridized carbons (Fsp3) is 0.750. The van der Waals surface area contributed by atoms with Crippen molar-refractivity contribution in [2.24, 2.45) is 11.8 Å². The van der Waals surface area contributed by atoms with Crippen LogP contribution in [0.25, 0.3) is 0 Å². The summed E-state index contributed by atoms with van der Waals surface area (Å²) in [6.07, 6.45) is 2.12. The average Bonchev–Trinajstić information content (AvgIpc) is 3.03. The largest absolute Gasteiger partial charge is 0.355 e. The van der Waals surface area contributed by atoms with Gasteiger partial charge in [-0.05, 0) is 24.7 Å². The van der Waals surface area contributed by atoms with Gasteiger partial charge in [0.1, 0.15) is 0 Å². The number of thioether (sulfide) groups is 2. The molecule has 0 bridgehead atoms. The number of piperidine rings is 1. The molecule has 2 atom stereocenters. The summed E-state index contributed by atoms with van der Waals surface area (Å²) >= 11 is 4.26. The maximum Gasteiger partial charge on any atom is 0.233 e. The first-order valence-corrected chi connectivity index (χ1v) is 11.4. The fourth-order valence-electron chi connectivity index (χ4n) is 2.84. The van der Waals surface area contributed by atoms with Gasteiger partial charge in [-0.15, -0.1) is 10.2 Å². The standard InChI is InChI=1S/C16H26N4O2S3/c1-4-5-17-13(21)9-23-15-18-19-16(25-15)24-10-14(22)20-7-11(2)6-12(3)8-20/h11-12H,4-10H2,1-3H3,(H,17,21)/t11-,12-/m1/s1. The maximum atomic E-state index is 12.4. The van der Waals surface area contributed by atoms with Gasteiger partial charge in [0, 0.05) is 19.6 Å². The molecule has 0 spiro atoms. The van der Waals surface area contributed by atoms with E-state index in [1.807, 2.05) is 11.8 Å². The Kier molecular flexibility index (Phi) is 8.51. The molecule has 2 heterocycles.